The molecule has 2 aromatic carbocycles. The first-order chi connectivity index (χ1) is 12.5. The van der Waals surface area contributed by atoms with E-state index in [1.807, 2.05) is 0 Å². The molecule has 0 aliphatic rings. The predicted octanol–water partition coefficient (Wildman–Crippen LogP) is 3.09. The highest BCUT2D eigenvalue weighted by Crippen LogP contribution is 2.18. The zero-order valence-corrected chi connectivity index (χ0v) is 14.7. The Bertz CT molecular complexity index is 821. The summed E-state index contributed by atoms with van der Waals surface area (Å²) in [7, 11) is 1.37. The van der Waals surface area contributed by atoms with Crippen LogP contribution in [0.25, 0.3) is 6.08 Å². The summed E-state index contributed by atoms with van der Waals surface area (Å²) < 4.78 is 5.24. The summed E-state index contributed by atoms with van der Waals surface area (Å²) in [5, 5.41) is 4.91. The van der Waals surface area contributed by atoms with Crippen LogP contribution in [0.1, 0.15) is 17.2 Å². The lowest BCUT2D eigenvalue weighted by Crippen LogP contribution is -2.41. The summed E-state index contributed by atoms with van der Waals surface area (Å²) in [6.45, 7) is 0. The minimum absolute atomic E-state index is 0.443. The van der Waals surface area contributed by atoms with E-state index in [0.29, 0.717) is 16.1 Å². The molecule has 26 heavy (non-hydrogen) atoms. The van der Waals surface area contributed by atoms with Crippen molar-refractivity contribution in [2.45, 2.75) is 6.10 Å². The van der Waals surface area contributed by atoms with E-state index in [2.05, 4.69) is 10.6 Å². The summed E-state index contributed by atoms with van der Waals surface area (Å²) in [6, 6.07) is 14.6. The first kappa shape index (κ1) is 19.2. The third kappa shape index (κ3) is 5.75. The van der Waals surface area contributed by atoms with Gasteiger partial charge in [0, 0.05) is 23.7 Å². The van der Waals surface area contributed by atoms with Gasteiger partial charge in [0.25, 0.3) is 5.91 Å². The molecule has 0 unspecified atom stereocenters. The number of esters is 1. The highest BCUT2D eigenvalue weighted by atomic mass is 35.5. The van der Waals surface area contributed by atoms with Crippen LogP contribution < -0.4 is 10.6 Å². The molecule has 2 aromatic rings. The first-order valence-corrected chi connectivity index (χ1v) is 8.09. The summed E-state index contributed by atoms with van der Waals surface area (Å²) in [5.74, 6) is -1.48. The molecule has 2 rings (SSSR count). The minimum atomic E-state index is -1.26. The summed E-state index contributed by atoms with van der Waals surface area (Å²) in [6.07, 6.45) is 1.45. The zero-order valence-electron chi connectivity index (χ0n) is 13.9. The molecule has 0 aliphatic carbocycles. The maximum atomic E-state index is 12.3. The SMILES string of the molecule is CNC(=O)NC(=O)[C@H](OC(=O)/C=C/c1cccc(Cl)c1)c1ccccc1. The fraction of sp³-hybridized carbons (Fsp3) is 0.105. The lowest BCUT2D eigenvalue weighted by Gasteiger charge is -2.16. The maximum Gasteiger partial charge on any atom is 0.331 e. The monoisotopic (exact) mass is 372 g/mol. The number of halogens is 1. The lowest BCUT2D eigenvalue weighted by molar-refractivity contribution is -0.151. The number of carbonyl (C=O) groups is 3. The van der Waals surface area contributed by atoms with Gasteiger partial charge in [-0.3, -0.25) is 10.1 Å². The van der Waals surface area contributed by atoms with Gasteiger partial charge in [-0.25, -0.2) is 9.59 Å². The molecular weight excluding hydrogens is 356 g/mol. The average Bonchev–Trinajstić information content (AvgIpc) is 2.65. The second kappa shape index (κ2) is 9.39. The van der Waals surface area contributed by atoms with Gasteiger partial charge in [0.1, 0.15) is 0 Å². The van der Waals surface area contributed by atoms with E-state index in [9.17, 15) is 14.4 Å². The van der Waals surface area contributed by atoms with Crippen molar-refractivity contribution in [1.82, 2.24) is 10.6 Å². The number of nitrogens with one attached hydrogen (secondary N) is 2. The van der Waals surface area contributed by atoms with Gasteiger partial charge in [0.2, 0.25) is 6.10 Å². The highest BCUT2D eigenvalue weighted by molar-refractivity contribution is 6.30. The highest BCUT2D eigenvalue weighted by Gasteiger charge is 2.25. The third-order valence-corrected chi connectivity index (χ3v) is 3.53. The number of amides is 3. The standard InChI is InChI=1S/C19H17ClN2O4/c1-21-19(25)22-18(24)17(14-7-3-2-4-8-14)26-16(23)11-10-13-6-5-9-15(20)12-13/h2-12,17H,1H3,(H2,21,22,24,25)/b11-10+/t17-/m1/s1. The Balaban J connectivity index is 2.14. The molecule has 0 bridgehead atoms. The molecule has 0 saturated heterocycles. The molecule has 0 radical (unpaired) electrons. The van der Waals surface area contributed by atoms with Gasteiger partial charge in [0.05, 0.1) is 0 Å². The number of urea groups is 1. The van der Waals surface area contributed by atoms with Crippen LogP contribution in [0.3, 0.4) is 0 Å². The van der Waals surface area contributed by atoms with E-state index in [1.165, 1.54) is 19.2 Å². The van der Waals surface area contributed by atoms with Crippen LogP contribution in [-0.4, -0.2) is 25.0 Å². The number of hydrogen-bond acceptors (Lipinski definition) is 4. The summed E-state index contributed by atoms with van der Waals surface area (Å²) in [5.41, 5.74) is 1.15. The molecule has 0 fully saturated rings. The third-order valence-electron chi connectivity index (χ3n) is 3.30. The average molecular weight is 373 g/mol. The lowest BCUT2D eigenvalue weighted by atomic mass is 10.1. The fourth-order valence-corrected chi connectivity index (χ4v) is 2.27. The summed E-state index contributed by atoms with van der Waals surface area (Å²) in [4.78, 5) is 35.8. The Labute approximate surface area is 155 Å². The van der Waals surface area contributed by atoms with Crippen molar-refractivity contribution < 1.29 is 19.1 Å². The van der Waals surface area contributed by atoms with Crippen molar-refractivity contribution in [2.75, 3.05) is 7.05 Å². The zero-order chi connectivity index (χ0) is 18.9. The number of benzene rings is 2. The van der Waals surface area contributed by atoms with E-state index in [-0.39, 0.29) is 0 Å². The van der Waals surface area contributed by atoms with Gasteiger partial charge in [-0.15, -0.1) is 0 Å². The number of hydrogen-bond donors (Lipinski definition) is 2. The largest absolute Gasteiger partial charge is 0.444 e. The molecule has 0 heterocycles. The Kier molecular flexibility index (Phi) is 6.93. The molecule has 0 spiro atoms. The molecule has 0 saturated carbocycles. The van der Waals surface area contributed by atoms with Crippen LogP contribution in [0.5, 0.6) is 0 Å². The smallest absolute Gasteiger partial charge is 0.331 e. The molecular formula is C19H17ClN2O4. The first-order valence-electron chi connectivity index (χ1n) is 7.71. The molecule has 0 aromatic heterocycles. The number of imide groups is 1. The molecule has 0 aliphatic heterocycles. The van der Waals surface area contributed by atoms with Gasteiger partial charge in [0.15, 0.2) is 0 Å². The second-order valence-corrected chi connectivity index (χ2v) is 5.62. The van der Waals surface area contributed by atoms with Crippen LogP contribution in [0.4, 0.5) is 4.79 Å². The van der Waals surface area contributed by atoms with Crippen LogP contribution in [0.15, 0.2) is 60.7 Å². The van der Waals surface area contributed by atoms with Gasteiger partial charge >= 0.3 is 12.0 Å². The van der Waals surface area contributed by atoms with E-state index < -0.39 is 24.0 Å². The van der Waals surface area contributed by atoms with Crippen LogP contribution in [-0.2, 0) is 14.3 Å². The Hall–Kier alpha value is -3.12. The molecule has 1 atom stereocenters. The molecule has 3 amide bonds. The second-order valence-electron chi connectivity index (χ2n) is 5.18. The fourth-order valence-electron chi connectivity index (χ4n) is 2.07. The molecule has 134 valence electrons. The van der Waals surface area contributed by atoms with Crippen LogP contribution in [0, 0.1) is 0 Å². The van der Waals surface area contributed by atoms with Gasteiger partial charge in [-0.1, -0.05) is 54.1 Å². The van der Waals surface area contributed by atoms with Crippen LogP contribution >= 0.6 is 11.6 Å². The molecule has 6 nitrogen and oxygen atoms in total. The number of carbonyl (C=O) groups excluding carboxylic acids is 3. The Morgan fingerprint density at radius 1 is 1.08 bits per heavy atom. The van der Waals surface area contributed by atoms with Crippen molar-refractivity contribution >= 4 is 35.6 Å². The van der Waals surface area contributed by atoms with Crippen molar-refractivity contribution in [3.8, 4) is 0 Å². The van der Waals surface area contributed by atoms with E-state index in [4.69, 9.17) is 16.3 Å². The van der Waals surface area contributed by atoms with E-state index in [0.717, 1.165) is 0 Å². The quantitative estimate of drug-likeness (QED) is 0.624. The van der Waals surface area contributed by atoms with E-state index in [1.54, 1.807) is 54.6 Å². The summed E-state index contributed by atoms with van der Waals surface area (Å²) >= 11 is 5.89. The normalized spacial score (nSPS) is 11.6. The van der Waals surface area contributed by atoms with Gasteiger partial charge in [-0.05, 0) is 23.8 Å². The Morgan fingerprint density at radius 3 is 2.46 bits per heavy atom. The number of ether oxygens (including phenoxy) is 1. The topological polar surface area (TPSA) is 84.5 Å². The van der Waals surface area contributed by atoms with Gasteiger partial charge < -0.3 is 10.1 Å². The number of rotatable bonds is 5. The van der Waals surface area contributed by atoms with Crippen LogP contribution in [0.2, 0.25) is 5.02 Å². The maximum absolute atomic E-state index is 12.3. The van der Waals surface area contributed by atoms with Crippen molar-refractivity contribution in [3.63, 3.8) is 0 Å². The predicted molar refractivity (Wildman–Crippen MR) is 98.4 cm³/mol. The van der Waals surface area contributed by atoms with Crippen molar-refractivity contribution in [2.24, 2.45) is 0 Å². The minimum Gasteiger partial charge on any atom is -0.444 e. The van der Waals surface area contributed by atoms with Crippen molar-refractivity contribution in [3.05, 3.63) is 76.8 Å². The van der Waals surface area contributed by atoms with E-state index >= 15 is 0 Å². The molecule has 2 N–H and O–H groups in total. The molecule has 7 heteroatoms. The van der Waals surface area contributed by atoms with Crippen molar-refractivity contribution in [1.29, 1.82) is 0 Å². The Morgan fingerprint density at radius 2 is 1.81 bits per heavy atom. The van der Waals surface area contributed by atoms with Gasteiger partial charge in [-0.2, -0.15) is 0 Å².